The highest BCUT2D eigenvalue weighted by Crippen LogP contribution is 2.31. The fourth-order valence-electron chi connectivity index (χ4n) is 4.89. The van der Waals surface area contributed by atoms with E-state index in [2.05, 4.69) is 57.1 Å². The summed E-state index contributed by atoms with van der Waals surface area (Å²) in [5, 5.41) is 6.67. The Bertz CT molecular complexity index is 1040. The lowest BCUT2D eigenvalue weighted by Gasteiger charge is -2.35. The largest absolute Gasteiger partial charge is 0.332 e. The number of piperidine rings is 1. The molecule has 0 saturated carbocycles. The second-order valence-corrected chi connectivity index (χ2v) is 9.30. The number of amides is 1. The lowest BCUT2D eigenvalue weighted by Crippen LogP contribution is -2.47. The number of aromatic nitrogens is 3. The fraction of sp³-hybridized carbons (Fsp3) is 0.435. The van der Waals surface area contributed by atoms with Gasteiger partial charge in [0.15, 0.2) is 0 Å². The maximum absolute atomic E-state index is 13.1. The highest BCUT2D eigenvalue weighted by molar-refractivity contribution is 7.07. The van der Waals surface area contributed by atoms with Crippen molar-refractivity contribution in [1.29, 1.82) is 0 Å². The number of benzene rings is 1. The molecule has 6 nitrogen and oxygen atoms in total. The molecule has 0 aliphatic carbocycles. The molecule has 3 saturated heterocycles. The molecule has 3 aromatic rings. The molecule has 0 unspecified atom stereocenters. The second kappa shape index (κ2) is 7.96. The van der Waals surface area contributed by atoms with Crippen LogP contribution in [0, 0.1) is 19.8 Å². The van der Waals surface area contributed by atoms with Crippen LogP contribution >= 0.6 is 11.3 Å². The van der Waals surface area contributed by atoms with Crippen molar-refractivity contribution in [3.05, 3.63) is 63.9 Å². The van der Waals surface area contributed by atoms with Crippen LogP contribution in [0.3, 0.4) is 0 Å². The quantitative estimate of drug-likeness (QED) is 0.632. The average Bonchev–Trinajstić information content (AvgIpc) is 3.27. The van der Waals surface area contributed by atoms with Crippen LogP contribution in [0.2, 0.25) is 0 Å². The van der Waals surface area contributed by atoms with Gasteiger partial charge in [0.1, 0.15) is 0 Å². The Morgan fingerprint density at radius 1 is 1.13 bits per heavy atom. The van der Waals surface area contributed by atoms with Crippen LogP contribution in [-0.2, 0) is 17.9 Å². The van der Waals surface area contributed by atoms with Gasteiger partial charge in [-0.05, 0) is 50.5 Å². The first kappa shape index (κ1) is 19.5. The van der Waals surface area contributed by atoms with E-state index in [0.717, 1.165) is 55.2 Å². The van der Waals surface area contributed by atoms with Crippen molar-refractivity contribution in [1.82, 2.24) is 24.6 Å². The molecule has 0 radical (unpaired) electrons. The van der Waals surface area contributed by atoms with Gasteiger partial charge in [-0.3, -0.25) is 9.69 Å². The number of hydrogen-bond donors (Lipinski definition) is 0. The molecular formula is C23H27N5OS. The first-order chi connectivity index (χ1) is 14.6. The molecule has 1 amide bonds. The van der Waals surface area contributed by atoms with Crippen LogP contribution in [0.1, 0.15) is 35.5 Å². The van der Waals surface area contributed by atoms with Gasteiger partial charge in [-0.1, -0.05) is 12.1 Å². The number of carbonyl (C=O) groups is 1. The Hall–Kier alpha value is -2.51. The van der Waals surface area contributed by atoms with Crippen molar-refractivity contribution in [2.24, 2.45) is 5.92 Å². The molecule has 7 heteroatoms. The molecule has 2 atom stereocenters. The maximum atomic E-state index is 13.1. The zero-order valence-electron chi connectivity index (χ0n) is 17.5. The lowest BCUT2D eigenvalue weighted by atomic mass is 9.94. The predicted octanol–water partition coefficient (Wildman–Crippen LogP) is 3.57. The Labute approximate surface area is 181 Å². The minimum absolute atomic E-state index is 0.0987. The van der Waals surface area contributed by atoms with Gasteiger partial charge in [0, 0.05) is 36.8 Å². The lowest BCUT2D eigenvalue weighted by molar-refractivity contribution is -0.140. The summed E-state index contributed by atoms with van der Waals surface area (Å²) in [6.45, 7) is 7.38. The van der Waals surface area contributed by atoms with Gasteiger partial charge in [-0.15, -0.1) is 11.3 Å². The number of carbonyl (C=O) groups excluding carboxylic acids is 1. The zero-order chi connectivity index (χ0) is 20.7. The number of nitrogens with zero attached hydrogens (tertiary/aromatic N) is 5. The van der Waals surface area contributed by atoms with Gasteiger partial charge >= 0.3 is 0 Å². The summed E-state index contributed by atoms with van der Waals surface area (Å²) in [4.78, 5) is 22.0. The van der Waals surface area contributed by atoms with E-state index in [1.165, 1.54) is 5.56 Å². The van der Waals surface area contributed by atoms with E-state index < -0.39 is 0 Å². The Morgan fingerprint density at radius 2 is 2.03 bits per heavy atom. The van der Waals surface area contributed by atoms with E-state index in [1.54, 1.807) is 11.3 Å². The molecule has 2 aromatic heterocycles. The molecule has 3 fully saturated rings. The first-order valence-corrected chi connectivity index (χ1v) is 11.5. The third kappa shape index (κ3) is 3.79. The van der Waals surface area contributed by atoms with E-state index >= 15 is 0 Å². The minimum atomic E-state index is 0.0987. The minimum Gasteiger partial charge on any atom is -0.332 e. The number of thiazole rings is 1. The van der Waals surface area contributed by atoms with Crippen LogP contribution in [0.5, 0.6) is 0 Å². The highest BCUT2D eigenvalue weighted by Gasteiger charge is 2.40. The third-order valence-corrected chi connectivity index (χ3v) is 6.89. The van der Waals surface area contributed by atoms with Gasteiger partial charge in [0.05, 0.1) is 35.0 Å². The second-order valence-electron chi connectivity index (χ2n) is 8.58. The summed E-state index contributed by atoms with van der Waals surface area (Å²) >= 11 is 1.59. The first-order valence-electron chi connectivity index (χ1n) is 10.6. The molecular weight excluding hydrogens is 394 g/mol. The monoisotopic (exact) mass is 421 g/mol. The summed E-state index contributed by atoms with van der Waals surface area (Å²) in [6.07, 6.45) is 2.09. The molecule has 30 heavy (non-hydrogen) atoms. The number of aryl methyl sites for hydroxylation is 2. The van der Waals surface area contributed by atoms with Crippen LogP contribution in [0.4, 0.5) is 0 Å². The number of rotatable bonds is 5. The van der Waals surface area contributed by atoms with Crippen molar-refractivity contribution in [3.63, 3.8) is 0 Å². The third-order valence-electron chi connectivity index (χ3n) is 6.26. The summed E-state index contributed by atoms with van der Waals surface area (Å²) in [5.74, 6) is 0.403. The molecule has 0 spiro atoms. The standard InChI is InChI=1S/C23H27N5OS/c1-16-8-17(2)28(25-16)21-5-3-4-18(9-21)10-26-11-19-6-7-22(13-26)27(23(19)29)12-20-14-30-15-24-20/h3-5,8-9,14-15,19,22H,6-7,10-13H2,1-2H3/t19-,22+/m0/s1. The van der Waals surface area contributed by atoms with E-state index in [9.17, 15) is 4.79 Å². The SMILES string of the molecule is Cc1cc(C)n(-c2cccc(CN3C[C@@H]4CC[C@H](C3)N(Cc3cscn3)C4=O)c2)n1. The van der Waals surface area contributed by atoms with E-state index in [-0.39, 0.29) is 12.0 Å². The Morgan fingerprint density at radius 3 is 2.80 bits per heavy atom. The molecule has 6 rings (SSSR count). The van der Waals surface area contributed by atoms with E-state index in [0.29, 0.717) is 12.5 Å². The Balaban J connectivity index is 1.33. The molecule has 3 aliphatic heterocycles. The number of fused-ring (bicyclic) bond motifs is 4. The molecule has 3 aliphatic rings. The summed E-state index contributed by atoms with van der Waals surface area (Å²) in [6, 6.07) is 11.0. The number of hydrogen-bond acceptors (Lipinski definition) is 5. The van der Waals surface area contributed by atoms with Crippen molar-refractivity contribution in [2.45, 2.75) is 45.8 Å². The summed E-state index contributed by atoms with van der Waals surface area (Å²) in [5.41, 5.74) is 7.38. The van der Waals surface area contributed by atoms with Gasteiger partial charge in [-0.25, -0.2) is 9.67 Å². The van der Waals surface area contributed by atoms with Gasteiger partial charge in [-0.2, -0.15) is 5.10 Å². The topological polar surface area (TPSA) is 54.3 Å². The highest BCUT2D eigenvalue weighted by atomic mass is 32.1. The van der Waals surface area contributed by atoms with Crippen molar-refractivity contribution in [3.8, 4) is 5.69 Å². The maximum Gasteiger partial charge on any atom is 0.227 e. The van der Waals surface area contributed by atoms with E-state index in [1.807, 2.05) is 22.5 Å². The van der Waals surface area contributed by atoms with E-state index in [4.69, 9.17) is 0 Å². The van der Waals surface area contributed by atoms with Crippen molar-refractivity contribution < 1.29 is 4.79 Å². The molecule has 1 aromatic carbocycles. The molecule has 2 bridgehead atoms. The molecule has 156 valence electrons. The zero-order valence-corrected chi connectivity index (χ0v) is 18.3. The average molecular weight is 422 g/mol. The predicted molar refractivity (Wildman–Crippen MR) is 117 cm³/mol. The van der Waals surface area contributed by atoms with Gasteiger partial charge in [0.25, 0.3) is 0 Å². The molecule has 5 heterocycles. The fourth-order valence-corrected chi connectivity index (χ4v) is 5.44. The smallest absolute Gasteiger partial charge is 0.227 e. The van der Waals surface area contributed by atoms with Crippen molar-refractivity contribution >= 4 is 17.2 Å². The van der Waals surface area contributed by atoms with Gasteiger partial charge in [0.2, 0.25) is 5.91 Å². The van der Waals surface area contributed by atoms with Crippen LogP contribution in [-0.4, -0.2) is 49.6 Å². The van der Waals surface area contributed by atoms with Gasteiger partial charge < -0.3 is 4.90 Å². The molecule has 0 N–H and O–H groups in total. The normalized spacial score (nSPS) is 21.9. The summed E-state index contributed by atoms with van der Waals surface area (Å²) < 4.78 is 2.00. The van der Waals surface area contributed by atoms with Crippen LogP contribution in [0.15, 0.2) is 41.2 Å². The van der Waals surface area contributed by atoms with Crippen LogP contribution in [0.25, 0.3) is 5.69 Å². The summed E-state index contributed by atoms with van der Waals surface area (Å²) in [7, 11) is 0. The van der Waals surface area contributed by atoms with Crippen LogP contribution < -0.4 is 0 Å². The van der Waals surface area contributed by atoms with Crippen molar-refractivity contribution in [2.75, 3.05) is 13.1 Å². The Kier molecular flexibility index (Phi) is 5.16.